The zero-order valence-corrected chi connectivity index (χ0v) is 18.8. The van der Waals surface area contributed by atoms with Crippen LogP contribution < -0.4 is 16.0 Å². The minimum Gasteiger partial charge on any atom is -0.339 e. The number of carbonyl (C=O) groups is 4. The summed E-state index contributed by atoms with van der Waals surface area (Å²) < 4.78 is 0. The Balaban J connectivity index is 1.27. The summed E-state index contributed by atoms with van der Waals surface area (Å²) in [6, 6.07) is 5.14. The van der Waals surface area contributed by atoms with Crippen LogP contribution in [0.4, 0.5) is 0 Å². The van der Waals surface area contributed by atoms with Gasteiger partial charge in [0.15, 0.2) is 0 Å². The summed E-state index contributed by atoms with van der Waals surface area (Å²) in [5.74, 6) is -0.643. The van der Waals surface area contributed by atoms with Crippen LogP contribution in [0.2, 0.25) is 0 Å². The Morgan fingerprint density at radius 2 is 1.88 bits per heavy atom. The minimum absolute atomic E-state index is 0.167. The number of imide groups is 1. The SMILES string of the molecule is O=C1CCC(N2Cc3cc(CNC4(C(=O)N5CCNCC5)CCCC4)ccc3C2=O)C(=O)N1. The number of nitrogens with one attached hydrogen (secondary N) is 3. The molecule has 0 bridgehead atoms. The number of nitrogens with zero attached hydrogens (tertiary/aromatic N) is 2. The van der Waals surface area contributed by atoms with Gasteiger partial charge in [-0.05, 0) is 36.5 Å². The van der Waals surface area contributed by atoms with Gasteiger partial charge in [-0.1, -0.05) is 25.0 Å². The van der Waals surface area contributed by atoms with Gasteiger partial charge in [0.05, 0.1) is 5.54 Å². The van der Waals surface area contributed by atoms with Gasteiger partial charge in [-0.2, -0.15) is 0 Å². The summed E-state index contributed by atoms with van der Waals surface area (Å²) in [6.45, 7) is 4.09. The third-order valence-electron chi connectivity index (χ3n) is 7.49. The zero-order valence-electron chi connectivity index (χ0n) is 18.8. The summed E-state index contributed by atoms with van der Waals surface area (Å²) in [5, 5.41) is 9.22. The molecule has 0 aromatic heterocycles. The molecule has 1 aromatic rings. The van der Waals surface area contributed by atoms with Crippen molar-refractivity contribution in [3.8, 4) is 0 Å². The summed E-state index contributed by atoms with van der Waals surface area (Å²) in [6.07, 6.45) is 4.39. The van der Waals surface area contributed by atoms with Crippen molar-refractivity contribution < 1.29 is 19.2 Å². The molecule has 9 heteroatoms. The molecular formula is C24H31N5O4. The fourth-order valence-electron chi connectivity index (χ4n) is 5.62. The number of rotatable bonds is 5. The molecule has 0 spiro atoms. The second-order valence-corrected chi connectivity index (χ2v) is 9.58. The van der Waals surface area contributed by atoms with E-state index < -0.39 is 17.5 Å². The van der Waals surface area contributed by atoms with E-state index in [1.165, 1.54) is 0 Å². The number of fused-ring (bicyclic) bond motifs is 1. The van der Waals surface area contributed by atoms with Gasteiger partial charge in [0.1, 0.15) is 6.04 Å². The Kier molecular flexibility index (Phi) is 5.92. The van der Waals surface area contributed by atoms with E-state index in [0.29, 0.717) is 25.1 Å². The van der Waals surface area contributed by atoms with Gasteiger partial charge in [0, 0.05) is 51.3 Å². The molecule has 4 aliphatic rings. The second-order valence-electron chi connectivity index (χ2n) is 9.58. The largest absolute Gasteiger partial charge is 0.339 e. The van der Waals surface area contributed by atoms with Crippen molar-refractivity contribution in [2.75, 3.05) is 26.2 Å². The molecule has 0 radical (unpaired) electrons. The van der Waals surface area contributed by atoms with E-state index in [2.05, 4.69) is 16.0 Å². The lowest BCUT2D eigenvalue weighted by Crippen LogP contribution is -2.59. The first-order valence-corrected chi connectivity index (χ1v) is 12.0. The Labute approximate surface area is 193 Å². The average molecular weight is 454 g/mol. The number of carbonyl (C=O) groups excluding carboxylic acids is 4. The van der Waals surface area contributed by atoms with Crippen LogP contribution in [0.15, 0.2) is 18.2 Å². The lowest BCUT2D eigenvalue weighted by atomic mass is 9.94. The zero-order chi connectivity index (χ0) is 23.0. The van der Waals surface area contributed by atoms with E-state index in [1.54, 1.807) is 4.90 Å². The topological polar surface area (TPSA) is 111 Å². The standard InChI is InChI=1S/C24H31N5O4/c30-20-6-5-19(21(31)27-20)29-15-17-13-16(3-4-18(17)22(29)32)14-26-24(7-1-2-8-24)23(33)28-11-9-25-10-12-28/h3-4,13,19,25-26H,1-2,5-12,14-15H2,(H,27,30,31). The van der Waals surface area contributed by atoms with Crippen molar-refractivity contribution in [3.05, 3.63) is 34.9 Å². The first kappa shape index (κ1) is 22.0. The number of amides is 4. The summed E-state index contributed by atoms with van der Waals surface area (Å²) in [7, 11) is 0. The average Bonchev–Trinajstić information content (AvgIpc) is 3.43. The molecule has 5 rings (SSSR count). The highest BCUT2D eigenvalue weighted by Gasteiger charge is 2.43. The molecule has 9 nitrogen and oxygen atoms in total. The van der Waals surface area contributed by atoms with Crippen LogP contribution in [-0.4, -0.2) is 71.2 Å². The Bertz CT molecular complexity index is 981. The summed E-state index contributed by atoms with van der Waals surface area (Å²) in [5.41, 5.74) is 2.00. The molecule has 3 heterocycles. The van der Waals surface area contributed by atoms with E-state index >= 15 is 0 Å². The normalized spacial score (nSPS) is 24.7. The molecule has 33 heavy (non-hydrogen) atoms. The van der Waals surface area contributed by atoms with E-state index in [1.807, 2.05) is 23.1 Å². The van der Waals surface area contributed by atoms with Crippen LogP contribution >= 0.6 is 0 Å². The molecule has 3 fully saturated rings. The third kappa shape index (κ3) is 4.15. The fourth-order valence-corrected chi connectivity index (χ4v) is 5.62. The maximum Gasteiger partial charge on any atom is 0.255 e. The van der Waals surface area contributed by atoms with Crippen LogP contribution in [0.5, 0.6) is 0 Å². The quantitative estimate of drug-likeness (QED) is 0.553. The Hall–Kier alpha value is -2.78. The summed E-state index contributed by atoms with van der Waals surface area (Å²) >= 11 is 0. The summed E-state index contributed by atoms with van der Waals surface area (Å²) in [4.78, 5) is 53.5. The van der Waals surface area contributed by atoms with Crippen molar-refractivity contribution in [2.45, 2.75) is 63.2 Å². The molecule has 3 N–H and O–H groups in total. The van der Waals surface area contributed by atoms with E-state index in [9.17, 15) is 19.2 Å². The number of piperazine rings is 1. The van der Waals surface area contributed by atoms with Crippen molar-refractivity contribution in [2.24, 2.45) is 0 Å². The van der Waals surface area contributed by atoms with E-state index in [0.717, 1.165) is 63.0 Å². The van der Waals surface area contributed by atoms with Crippen molar-refractivity contribution in [1.29, 1.82) is 0 Å². The highest BCUT2D eigenvalue weighted by molar-refractivity contribution is 6.05. The fraction of sp³-hybridized carbons (Fsp3) is 0.583. The predicted octanol–water partition coefficient (Wildman–Crippen LogP) is 0.282. The monoisotopic (exact) mass is 453 g/mol. The van der Waals surface area contributed by atoms with Crippen molar-refractivity contribution in [1.82, 2.24) is 25.8 Å². The van der Waals surface area contributed by atoms with Crippen LogP contribution in [0.25, 0.3) is 0 Å². The smallest absolute Gasteiger partial charge is 0.255 e. The maximum atomic E-state index is 13.4. The van der Waals surface area contributed by atoms with Crippen molar-refractivity contribution in [3.63, 3.8) is 0 Å². The van der Waals surface area contributed by atoms with Gasteiger partial charge >= 0.3 is 0 Å². The van der Waals surface area contributed by atoms with Crippen molar-refractivity contribution >= 4 is 23.6 Å². The first-order valence-electron chi connectivity index (χ1n) is 12.0. The third-order valence-corrected chi connectivity index (χ3v) is 7.49. The highest BCUT2D eigenvalue weighted by atomic mass is 16.2. The number of piperidine rings is 1. The molecule has 1 unspecified atom stereocenters. The molecule has 1 aromatic carbocycles. The molecule has 176 valence electrons. The Morgan fingerprint density at radius 3 is 2.61 bits per heavy atom. The molecule has 1 atom stereocenters. The molecule has 2 saturated heterocycles. The number of hydrogen-bond acceptors (Lipinski definition) is 6. The van der Waals surface area contributed by atoms with Crippen LogP contribution in [-0.2, 0) is 27.5 Å². The minimum atomic E-state index is -0.609. The predicted molar refractivity (Wildman–Crippen MR) is 120 cm³/mol. The van der Waals surface area contributed by atoms with Crippen LogP contribution in [0, 0.1) is 0 Å². The number of benzene rings is 1. The van der Waals surface area contributed by atoms with Crippen LogP contribution in [0.3, 0.4) is 0 Å². The molecule has 1 aliphatic carbocycles. The molecule has 1 saturated carbocycles. The van der Waals surface area contributed by atoms with Gasteiger partial charge < -0.3 is 15.1 Å². The molecular weight excluding hydrogens is 422 g/mol. The van der Waals surface area contributed by atoms with Gasteiger partial charge in [0.2, 0.25) is 17.7 Å². The lowest BCUT2D eigenvalue weighted by Gasteiger charge is -2.37. The highest BCUT2D eigenvalue weighted by Crippen LogP contribution is 2.33. The first-order chi connectivity index (χ1) is 16.0. The van der Waals surface area contributed by atoms with Crippen LogP contribution in [0.1, 0.15) is 60.0 Å². The second kappa shape index (κ2) is 8.87. The molecule has 4 amide bonds. The van der Waals surface area contributed by atoms with Gasteiger partial charge in [-0.15, -0.1) is 0 Å². The van der Waals surface area contributed by atoms with E-state index in [4.69, 9.17) is 0 Å². The van der Waals surface area contributed by atoms with Gasteiger partial charge in [-0.3, -0.25) is 29.8 Å². The lowest BCUT2D eigenvalue weighted by molar-refractivity contribution is -0.139. The number of hydrogen-bond donors (Lipinski definition) is 3. The van der Waals surface area contributed by atoms with Gasteiger partial charge in [-0.25, -0.2) is 0 Å². The maximum absolute atomic E-state index is 13.4. The van der Waals surface area contributed by atoms with Gasteiger partial charge in [0.25, 0.3) is 5.91 Å². The molecule has 3 aliphatic heterocycles. The van der Waals surface area contributed by atoms with E-state index in [-0.39, 0.29) is 24.1 Å². The Morgan fingerprint density at radius 1 is 1.12 bits per heavy atom.